The van der Waals surface area contributed by atoms with Crippen molar-refractivity contribution < 1.29 is 14.3 Å². The van der Waals surface area contributed by atoms with E-state index in [0.29, 0.717) is 27.6 Å². The van der Waals surface area contributed by atoms with Gasteiger partial charge in [0.2, 0.25) is 0 Å². The van der Waals surface area contributed by atoms with E-state index in [2.05, 4.69) is 0 Å². The summed E-state index contributed by atoms with van der Waals surface area (Å²) in [7, 11) is 3.02. The van der Waals surface area contributed by atoms with Crippen molar-refractivity contribution in [2.24, 2.45) is 0 Å². The predicted octanol–water partition coefficient (Wildman–Crippen LogP) is 3.90. The molecule has 0 bridgehead atoms. The predicted molar refractivity (Wildman–Crippen MR) is 79.2 cm³/mol. The Balaban J connectivity index is 2.51. The number of rotatable bonds is 4. The topological polar surface area (TPSA) is 35.5 Å². The molecule has 3 nitrogen and oxygen atoms in total. The monoisotopic (exact) mass is 290 g/mol. The van der Waals surface area contributed by atoms with E-state index in [4.69, 9.17) is 21.1 Å². The molecule has 0 N–H and O–H groups in total. The number of ketones is 1. The number of benzene rings is 2. The second-order valence-corrected chi connectivity index (χ2v) is 4.74. The number of carbonyl (C=O) groups is 1. The van der Waals surface area contributed by atoms with E-state index in [1.165, 1.54) is 14.2 Å². The number of halogens is 1. The van der Waals surface area contributed by atoms with Gasteiger partial charge in [0.05, 0.1) is 19.2 Å². The van der Waals surface area contributed by atoms with Gasteiger partial charge in [0.25, 0.3) is 0 Å². The van der Waals surface area contributed by atoms with Crippen molar-refractivity contribution in [2.75, 3.05) is 14.2 Å². The Morgan fingerprint density at radius 1 is 1.10 bits per heavy atom. The van der Waals surface area contributed by atoms with Crippen LogP contribution in [0.15, 0.2) is 36.4 Å². The zero-order valence-electron chi connectivity index (χ0n) is 11.6. The molecule has 2 aromatic carbocycles. The lowest BCUT2D eigenvalue weighted by atomic mass is 9.99. The molecule has 0 atom stereocenters. The van der Waals surface area contributed by atoms with Gasteiger partial charge in [-0.2, -0.15) is 0 Å². The fourth-order valence-corrected chi connectivity index (χ4v) is 2.32. The number of hydrogen-bond donors (Lipinski definition) is 0. The molecule has 0 aliphatic heterocycles. The van der Waals surface area contributed by atoms with Gasteiger partial charge >= 0.3 is 0 Å². The number of hydrogen-bond acceptors (Lipinski definition) is 3. The molecule has 0 heterocycles. The molecule has 4 heteroatoms. The first-order valence-corrected chi connectivity index (χ1v) is 6.48. The van der Waals surface area contributed by atoms with Crippen LogP contribution in [0.1, 0.15) is 21.5 Å². The van der Waals surface area contributed by atoms with Crippen LogP contribution in [-0.4, -0.2) is 20.0 Å². The molecule has 0 saturated carbocycles. The molecule has 2 aromatic rings. The van der Waals surface area contributed by atoms with E-state index in [-0.39, 0.29) is 5.78 Å². The third-order valence-corrected chi connectivity index (χ3v) is 3.37. The Morgan fingerprint density at radius 3 is 2.40 bits per heavy atom. The summed E-state index contributed by atoms with van der Waals surface area (Å²) in [4.78, 5) is 12.5. The molecular weight excluding hydrogens is 276 g/mol. The fraction of sp³-hybridized carbons (Fsp3) is 0.188. The lowest BCUT2D eigenvalue weighted by Crippen LogP contribution is -2.04. The average molecular weight is 291 g/mol. The Hall–Kier alpha value is -2.00. The van der Waals surface area contributed by atoms with Crippen molar-refractivity contribution in [3.8, 4) is 11.5 Å². The normalized spacial score (nSPS) is 10.2. The van der Waals surface area contributed by atoms with Crippen molar-refractivity contribution in [3.63, 3.8) is 0 Å². The molecule has 0 aromatic heterocycles. The van der Waals surface area contributed by atoms with Crippen LogP contribution in [0.2, 0.25) is 5.02 Å². The summed E-state index contributed by atoms with van der Waals surface area (Å²) in [6, 6.07) is 10.7. The first-order chi connectivity index (χ1) is 9.58. The lowest BCUT2D eigenvalue weighted by Gasteiger charge is -2.12. The molecule has 0 aliphatic rings. The quantitative estimate of drug-likeness (QED) is 0.801. The van der Waals surface area contributed by atoms with Crippen LogP contribution in [0, 0.1) is 6.92 Å². The molecule has 0 spiro atoms. The summed E-state index contributed by atoms with van der Waals surface area (Å²) in [5.41, 5.74) is 2.04. The van der Waals surface area contributed by atoms with Crippen LogP contribution in [0.25, 0.3) is 0 Å². The summed E-state index contributed by atoms with van der Waals surface area (Å²) >= 11 is 6.13. The first-order valence-electron chi connectivity index (χ1n) is 6.10. The Bertz CT molecular complexity index is 650. The Kier molecular flexibility index (Phi) is 4.30. The minimum absolute atomic E-state index is 0.0917. The minimum atomic E-state index is -0.0917. The average Bonchev–Trinajstić information content (AvgIpc) is 2.46. The van der Waals surface area contributed by atoms with Crippen molar-refractivity contribution in [1.29, 1.82) is 0 Å². The number of aryl methyl sites for hydroxylation is 1. The zero-order chi connectivity index (χ0) is 14.7. The van der Waals surface area contributed by atoms with E-state index >= 15 is 0 Å². The van der Waals surface area contributed by atoms with Crippen LogP contribution in [0.4, 0.5) is 0 Å². The third-order valence-electron chi connectivity index (χ3n) is 3.09. The van der Waals surface area contributed by atoms with E-state index in [1.54, 1.807) is 18.2 Å². The molecule has 0 unspecified atom stereocenters. The Morgan fingerprint density at radius 2 is 1.80 bits per heavy atom. The maximum absolute atomic E-state index is 12.5. The molecule has 20 heavy (non-hydrogen) atoms. The van der Waals surface area contributed by atoms with E-state index in [1.807, 2.05) is 25.1 Å². The van der Waals surface area contributed by atoms with Crippen LogP contribution in [0.3, 0.4) is 0 Å². The van der Waals surface area contributed by atoms with Gasteiger partial charge in [-0.3, -0.25) is 4.79 Å². The van der Waals surface area contributed by atoms with Crippen LogP contribution >= 0.6 is 11.6 Å². The van der Waals surface area contributed by atoms with Crippen LogP contribution in [-0.2, 0) is 0 Å². The van der Waals surface area contributed by atoms with Crippen molar-refractivity contribution in [2.45, 2.75) is 6.92 Å². The standard InChI is InChI=1S/C16H15ClO3/c1-10-6-4-5-7-12(10)15(18)11-8-13(17)16(20-3)14(9-11)19-2/h4-9H,1-3H3. The second kappa shape index (κ2) is 5.97. The highest BCUT2D eigenvalue weighted by molar-refractivity contribution is 6.33. The molecule has 0 aliphatic carbocycles. The van der Waals surface area contributed by atoms with Crippen LogP contribution < -0.4 is 9.47 Å². The maximum atomic E-state index is 12.5. The number of ether oxygens (including phenoxy) is 2. The van der Waals surface area contributed by atoms with Gasteiger partial charge in [-0.05, 0) is 24.6 Å². The summed E-state index contributed by atoms with van der Waals surface area (Å²) in [6.07, 6.45) is 0. The molecule has 0 amide bonds. The van der Waals surface area contributed by atoms with Gasteiger partial charge in [0.15, 0.2) is 17.3 Å². The second-order valence-electron chi connectivity index (χ2n) is 4.34. The van der Waals surface area contributed by atoms with Crippen molar-refractivity contribution in [3.05, 3.63) is 58.1 Å². The van der Waals surface area contributed by atoms with E-state index in [0.717, 1.165) is 5.56 Å². The summed E-state index contributed by atoms with van der Waals surface area (Å²) in [6.45, 7) is 1.90. The number of carbonyl (C=O) groups excluding carboxylic acids is 1. The smallest absolute Gasteiger partial charge is 0.193 e. The van der Waals surface area contributed by atoms with Gasteiger partial charge in [0.1, 0.15) is 0 Å². The van der Waals surface area contributed by atoms with Crippen LogP contribution in [0.5, 0.6) is 11.5 Å². The highest BCUT2D eigenvalue weighted by atomic mass is 35.5. The highest BCUT2D eigenvalue weighted by Crippen LogP contribution is 2.36. The van der Waals surface area contributed by atoms with Crippen molar-refractivity contribution >= 4 is 17.4 Å². The van der Waals surface area contributed by atoms with Gasteiger partial charge in [-0.25, -0.2) is 0 Å². The SMILES string of the molecule is COc1cc(C(=O)c2ccccc2C)cc(Cl)c1OC. The first kappa shape index (κ1) is 14.4. The molecule has 0 radical (unpaired) electrons. The zero-order valence-corrected chi connectivity index (χ0v) is 12.3. The minimum Gasteiger partial charge on any atom is -0.493 e. The summed E-state index contributed by atoms with van der Waals surface area (Å²) in [5.74, 6) is 0.776. The van der Waals surface area contributed by atoms with Gasteiger partial charge in [-0.15, -0.1) is 0 Å². The van der Waals surface area contributed by atoms with Gasteiger partial charge < -0.3 is 9.47 Å². The third kappa shape index (κ3) is 2.63. The van der Waals surface area contributed by atoms with Crippen molar-refractivity contribution in [1.82, 2.24) is 0 Å². The van der Waals surface area contributed by atoms with E-state index < -0.39 is 0 Å². The largest absolute Gasteiger partial charge is 0.493 e. The fourth-order valence-electron chi connectivity index (χ4n) is 2.03. The summed E-state index contributed by atoms with van der Waals surface area (Å²) < 4.78 is 10.4. The molecule has 0 fully saturated rings. The molecule has 2 rings (SSSR count). The number of methoxy groups -OCH3 is 2. The van der Waals surface area contributed by atoms with E-state index in [9.17, 15) is 4.79 Å². The Labute approximate surface area is 123 Å². The molecule has 104 valence electrons. The molecular formula is C16H15ClO3. The van der Waals surface area contributed by atoms with Gasteiger partial charge in [0, 0.05) is 11.1 Å². The summed E-state index contributed by atoms with van der Waals surface area (Å²) in [5, 5.41) is 0.351. The van der Waals surface area contributed by atoms with Gasteiger partial charge in [-0.1, -0.05) is 35.9 Å². The molecule has 0 saturated heterocycles. The lowest BCUT2D eigenvalue weighted by molar-refractivity contribution is 0.103. The maximum Gasteiger partial charge on any atom is 0.193 e. The highest BCUT2D eigenvalue weighted by Gasteiger charge is 2.17.